The van der Waals surface area contributed by atoms with Gasteiger partial charge in [-0.2, -0.15) is 0 Å². The van der Waals surface area contributed by atoms with Crippen LogP contribution in [0.25, 0.3) is 0 Å². The second-order valence-corrected chi connectivity index (χ2v) is 7.43. The third-order valence-electron chi connectivity index (χ3n) is 3.67. The van der Waals surface area contributed by atoms with Gasteiger partial charge < -0.3 is 4.74 Å². The number of nitrogens with one attached hydrogen (secondary N) is 1. The van der Waals surface area contributed by atoms with E-state index in [1.54, 1.807) is 61.7 Å². The van der Waals surface area contributed by atoms with Crippen LogP contribution in [0.5, 0.6) is 5.75 Å². The average molecular weight is 394 g/mol. The van der Waals surface area contributed by atoms with Gasteiger partial charge >= 0.3 is 0 Å². The average Bonchev–Trinajstić information content (AvgIpc) is 2.75. The first-order valence-corrected chi connectivity index (χ1v) is 9.82. The number of amidine groups is 1. The minimum absolute atomic E-state index is 0.0808. The molecule has 8 heteroatoms. The molecule has 1 N–H and O–H groups in total. The van der Waals surface area contributed by atoms with Crippen LogP contribution in [0.2, 0.25) is 0 Å². The summed E-state index contributed by atoms with van der Waals surface area (Å²) in [6.45, 7) is 0. The van der Waals surface area contributed by atoms with Crippen molar-refractivity contribution in [2.24, 2.45) is 15.3 Å². The summed E-state index contributed by atoms with van der Waals surface area (Å²) in [5.74, 6) is 0.662. The van der Waals surface area contributed by atoms with Gasteiger partial charge in [0.25, 0.3) is 5.17 Å². The molecule has 0 aromatic heterocycles. The zero-order valence-electron chi connectivity index (χ0n) is 15.1. The second kappa shape index (κ2) is 8.92. The van der Waals surface area contributed by atoms with Crippen molar-refractivity contribution in [3.8, 4) is 5.75 Å². The Balaban J connectivity index is 1.95. The molecular formula is C20H18N4O3S. The molecule has 0 spiro atoms. The molecule has 0 aliphatic rings. The number of ether oxygens (including phenoxy) is 1. The number of para-hydroxylation sites is 1. The van der Waals surface area contributed by atoms with E-state index in [9.17, 15) is 8.42 Å². The molecule has 7 nitrogen and oxygen atoms in total. The van der Waals surface area contributed by atoms with Crippen molar-refractivity contribution in [1.82, 2.24) is 0 Å². The minimum Gasteiger partial charge on any atom is -0.497 e. The van der Waals surface area contributed by atoms with Gasteiger partial charge in [-0.15, -0.1) is 15.3 Å². The Hall–Kier alpha value is -3.52. The SMILES string of the molecule is COc1ccc(N=N/C(=N/Nc2ccccc2)S(=O)(=O)c2ccccc2)cc1. The van der Waals surface area contributed by atoms with Crippen LogP contribution in [0.3, 0.4) is 0 Å². The fourth-order valence-electron chi connectivity index (χ4n) is 2.22. The van der Waals surface area contributed by atoms with E-state index in [4.69, 9.17) is 4.74 Å². The summed E-state index contributed by atoms with van der Waals surface area (Å²) in [6, 6.07) is 23.7. The Morgan fingerprint density at radius 3 is 2.07 bits per heavy atom. The van der Waals surface area contributed by atoms with Gasteiger partial charge in [-0.25, -0.2) is 8.42 Å². The highest BCUT2D eigenvalue weighted by Gasteiger charge is 2.23. The van der Waals surface area contributed by atoms with Gasteiger partial charge in [-0.05, 0) is 48.5 Å². The number of benzene rings is 3. The van der Waals surface area contributed by atoms with Gasteiger partial charge in [0.2, 0.25) is 9.84 Å². The first-order chi connectivity index (χ1) is 13.6. The normalized spacial score (nSPS) is 12.1. The van der Waals surface area contributed by atoms with Crippen molar-refractivity contribution >= 4 is 26.4 Å². The molecule has 28 heavy (non-hydrogen) atoms. The largest absolute Gasteiger partial charge is 0.497 e. The Labute approximate surface area is 163 Å². The Morgan fingerprint density at radius 2 is 1.46 bits per heavy atom. The summed E-state index contributed by atoms with van der Waals surface area (Å²) in [5, 5.41) is 11.4. The van der Waals surface area contributed by atoms with Gasteiger partial charge in [0, 0.05) is 0 Å². The Bertz CT molecular complexity index is 1070. The zero-order chi connectivity index (χ0) is 19.8. The molecule has 0 saturated carbocycles. The van der Waals surface area contributed by atoms with Gasteiger partial charge in [-0.3, -0.25) is 5.43 Å². The topological polar surface area (TPSA) is 92.5 Å². The molecule has 0 saturated heterocycles. The van der Waals surface area contributed by atoms with E-state index in [0.717, 1.165) is 0 Å². The second-order valence-electron chi connectivity index (χ2n) is 5.59. The maximum absolute atomic E-state index is 12.9. The van der Waals surface area contributed by atoms with Crippen molar-refractivity contribution in [3.63, 3.8) is 0 Å². The number of nitrogens with zero attached hydrogens (tertiary/aromatic N) is 3. The molecule has 0 radical (unpaired) electrons. The van der Waals surface area contributed by atoms with Crippen LogP contribution in [0.4, 0.5) is 11.4 Å². The molecule has 0 unspecified atom stereocenters. The number of hydrazone groups is 1. The van der Waals surface area contributed by atoms with E-state index >= 15 is 0 Å². The lowest BCUT2D eigenvalue weighted by molar-refractivity contribution is 0.415. The van der Waals surface area contributed by atoms with Crippen molar-refractivity contribution in [3.05, 3.63) is 84.9 Å². The predicted molar refractivity (Wildman–Crippen MR) is 109 cm³/mol. The maximum Gasteiger partial charge on any atom is 0.289 e. The van der Waals surface area contributed by atoms with E-state index < -0.39 is 15.0 Å². The highest BCUT2D eigenvalue weighted by Crippen LogP contribution is 2.20. The number of azo groups is 1. The first kappa shape index (κ1) is 19.2. The monoisotopic (exact) mass is 394 g/mol. The van der Waals surface area contributed by atoms with Gasteiger partial charge in [0.15, 0.2) is 0 Å². The first-order valence-electron chi connectivity index (χ1n) is 8.34. The summed E-state index contributed by atoms with van der Waals surface area (Å²) < 4.78 is 31.0. The molecular weight excluding hydrogens is 376 g/mol. The van der Waals surface area contributed by atoms with Crippen molar-refractivity contribution in [2.75, 3.05) is 12.5 Å². The molecule has 0 fully saturated rings. The number of methoxy groups -OCH3 is 1. The summed E-state index contributed by atoms with van der Waals surface area (Å²) in [4.78, 5) is 0.0808. The number of hydrogen-bond acceptors (Lipinski definition) is 6. The van der Waals surface area contributed by atoms with E-state index in [1.807, 2.05) is 18.2 Å². The summed E-state index contributed by atoms with van der Waals surface area (Å²) in [5.41, 5.74) is 3.81. The zero-order valence-corrected chi connectivity index (χ0v) is 15.9. The Morgan fingerprint density at radius 1 is 0.857 bits per heavy atom. The quantitative estimate of drug-likeness (QED) is 0.295. The molecule has 142 valence electrons. The maximum atomic E-state index is 12.9. The van der Waals surface area contributed by atoms with Gasteiger partial charge in [0.1, 0.15) is 5.75 Å². The fourth-order valence-corrected chi connectivity index (χ4v) is 3.26. The molecule has 0 atom stereocenters. The summed E-state index contributed by atoms with van der Waals surface area (Å²) >= 11 is 0. The molecule has 3 aromatic carbocycles. The number of rotatable bonds is 5. The summed E-state index contributed by atoms with van der Waals surface area (Å²) in [6.07, 6.45) is 0. The van der Waals surface area contributed by atoms with Crippen molar-refractivity contribution in [2.45, 2.75) is 4.90 Å². The van der Waals surface area contributed by atoms with Crippen molar-refractivity contribution < 1.29 is 13.2 Å². The number of anilines is 1. The summed E-state index contributed by atoms with van der Waals surface area (Å²) in [7, 11) is -2.39. The predicted octanol–water partition coefficient (Wildman–Crippen LogP) is 4.64. The van der Waals surface area contributed by atoms with Crippen LogP contribution < -0.4 is 10.2 Å². The van der Waals surface area contributed by atoms with Crippen LogP contribution in [0.1, 0.15) is 0 Å². The molecule has 3 rings (SSSR count). The van der Waals surface area contributed by atoms with Gasteiger partial charge in [0.05, 0.1) is 23.4 Å². The third-order valence-corrected chi connectivity index (χ3v) is 5.22. The van der Waals surface area contributed by atoms with Crippen molar-refractivity contribution in [1.29, 1.82) is 0 Å². The molecule has 0 bridgehead atoms. The van der Waals surface area contributed by atoms with E-state index in [-0.39, 0.29) is 4.90 Å². The molecule has 0 aliphatic carbocycles. The highest BCUT2D eigenvalue weighted by molar-refractivity contribution is 8.06. The molecule has 0 amide bonds. The van der Waals surface area contributed by atoms with Crippen LogP contribution in [-0.2, 0) is 9.84 Å². The smallest absolute Gasteiger partial charge is 0.289 e. The fraction of sp³-hybridized carbons (Fsp3) is 0.0500. The van der Waals surface area contributed by atoms with Crippen LogP contribution in [0.15, 0.2) is 105 Å². The van der Waals surface area contributed by atoms with E-state index in [1.165, 1.54) is 12.1 Å². The van der Waals surface area contributed by atoms with Crippen LogP contribution >= 0.6 is 0 Å². The van der Waals surface area contributed by atoms with Crippen LogP contribution in [0, 0.1) is 0 Å². The lowest BCUT2D eigenvalue weighted by atomic mass is 10.3. The van der Waals surface area contributed by atoms with Gasteiger partial charge in [-0.1, -0.05) is 36.4 Å². The lowest BCUT2D eigenvalue weighted by Gasteiger charge is -2.05. The third kappa shape index (κ3) is 4.80. The Kier molecular flexibility index (Phi) is 6.13. The minimum atomic E-state index is -3.95. The van der Waals surface area contributed by atoms with Crippen LogP contribution in [-0.4, -0.2) is 20.7 Å². The van der Waals surface area contributed by atoms with E-state index in [2.05, 4.69) is 20.8 Å². The highest BCUT2D eigenvalue weighted by atomic mass is 32.2. The number of sulfone groups is 1. The number of hydrogen-bond donors (Lipinski definition) is 1. The molecule has 0 heterocycles. The van der Waals surface area contributed by atoms with E-state index in [0.29, 0.717) is 17.1 Å². The molecule has 3 aromatic rings. The lowest BCUT2D eigenvalue weighted by Crippen LogP contribution is -2.14. The molecule has 0 aliphatic heterocycles. The standard InChI is InChI=1S/C20H18N4O3S/c1-27-18-14-12-17(13-15-18)22-24-20(23-21-16-8-4-2-5-9-16)28(25,26)19-10-6-3-7-11-19/h2-15,21H,1H3/b23-20-,24-22?.